The topological polar surface area (TPSA) is 93.5 Å². The van der Waals surface area contributed by atoms with Gasteiger partial charge in [-0.15, -0.1) is 0 Å². The minimum absolute atomic E-state index is 0.0531. The van der Waals surface area contributed by atoms with Crippen LogP contribution >= 0.6 is 0 Å². The van der Waals surface area contributed by atoms with E-state index in [1.807, 2.05) is 61.5 Å². The Morgan fingerprint density at radius 3 is 2.45 bits per heavy atom. The Kier molecular flexibility index (Phi) is 6.00. The molecule has 2 amide bonds. The third kappa shape index (κ3) is 4.24. The number of imidazole rings is 1. The monoisotopic (exact) mass is 446 g/mol. The standard InChI is InChI=1S/C25H26N4O4/c1-17-9-11-18(12-10-17)13-26-24(32)25(2)15-28-16-27-20(23(31)33-3)21(28)22(30)29(25)14-19-7-5-4-6-8-19/h4-12,16H,13-15H2,1-3H3,(H,26,32)/t25-/m0/s1. The highest BCUT2D eigenvalue weighted by atomic mass is 16.5. The number of aromatic nitrogens is 2. The molecule has 1 aliphatic heterocycles. The van der Waals surface area contributed by atoms with E-state index in [1.54, 1.807) is 11.5 Å². The van der Waals surface area contributed by atoms with Gasteiger partial charge in [-0.3, -0.25) is 9.59 Å². The number of aryl methyl sites for hydroxylation is 1. The van der Waals surface area contributed by atoms with Gasteiger partial charge >= 0.3 is 5.97 Å². The Labute approximate surface area is 192 Å². The largest absolute Gasteiger partial charge is 0.464 e. The van der Waals surface area contributed by atoms with Crippen LogP contribution in [0, 0.1) is 6.92 Å². The summed E-state index contributed by atoms with van der Waals surface area (Å²) in [6.45, 7) is 4.44. The van der Waals surface area contributed by atoms with Crippen LogP contribution in [0.15, 0.2) is 60.9 Å². The van der Waals surface area contributed by atoms with Crippen molar-refractivity contribution in [2.75, 3.05) is 7.11 Å². The van der Waals surface area contributed by atoms with Crippen molar-refractivity contribution in [3.05, 3.63) is 89.0 Å². The van der Waals surface area contributed by atoms with Crippen molar-refractivity contribution in [2.24, 2.45) is 0 Å². The van der Waals surface area contributed by atoms with E-state index in [0.717, 1.165) is 16.7 Å². The first-order valence-electron chi connectivity index (χ1n) is 10.7. The highest BCUT2D eigenvalue weighted by molar-refractivity contribution is 6.06. The van der Waals surface area contributed by atoms with E-state index in [4.69, 9.17) is 4.74 Å². The summed E-state index contributed by atoms with van der Waals surface area (Å²) >= 11 is 0. The minimum Gasteiger partial charge on any atom is -0.464 e. The summed E-state index contributed by atoms with van der Waals surface area (Å²) in [5.41, 5.74) is 1.85. The highest BCUT2D eigenvalue weighted by Gasteiger charge is 2.48. The number of hydrogen-bond acceptors (Lipinski definition) is 5. The van der Waals surface area contributed by atoms with Gasteiger partial charge in [-0.05, 0) is 25.0 Å². The number of hydrogen-bond donors (Lipinski definition) is 1. The van der Waals surface area contributed by atoms with E-state index < -0.39 is 17.4 Å². The SMILES string of the molecule is COC(=O)c1ncn2c1C(=O)N(Cc1ccccc1)[C@](C)(C(=O)NCc1ccc(C)cc1)C2. The molecule has 1 aliphatic rings. The Morgan fingerprint density at radius 1 is 1.09 bits per heavy atom. The van der Waals surface area contributed by atoms with Gasteiger partial charge < -0.3 is 19.5 Å². The van der Waals surface area contributed by atoms with E-state index in [1.165, 1.54) is 18.3 Å². The summed E-state index contributed by atoms with van der Waals surface area (Å²) in [5.74, 6) is -1.42. The molecule has 8 heteroatoms. The fourth-order valence-corrected chi connectivity index (χ4v) is 4.03. The molecule has 1 N–H and O–H groups in total. The van der Waals surface area contributed by atoms with E-state index >= 15 is 0 Å². The van der Waals surface area contributed by atoms with Gasteiger partial charge in [0.1, 0.15) is 11.2 Å². The number of nitrogens with one attached hydrogen (secondary N) is 1. The van der Waals surface area contributed by atoms with E-state index in [2.05, 4.69) is 10.3 Å². The maximum absolute atomic E-state index is 13.6. The molecule has 0 saturated heterocycles. The van der Waals surface area contributed by atoms with Crippen LogP contribution in [-0.4, -0.2) is 44.9 Å². The third-order valence-electron chi connectivity index (χ3n) is 5.98. The number of ether oxygens (including phenoxy) is 1. The number of carbonyl (C=O) groups excluding carboxylic acids is 3. The molecule has 2 aromatic carbocycles. The molecule has 0 fully saturated rings. The van der Waals surface area contributed by atoms with Crippen LogP contribution in [0.1, 0.15) is 44.6 Å². The number of rotatable bonds is 6. The number of esters is 1. The van der Waals surface area contributed by atoms with Gasteiger partial charge in [0.05, 0.1) is 20.0 Å². The lowest BCUT2D eigenvalue weighted by atomic mass is 9.93. The molecule has 170 valence electrons. The lowest BCUT2D eigenvalue weighted by Gasteiger charge is -2.43. The summed E-state index contributed by atoms with van der Waals surface area (Å²) in [4.78, 5) is 44.9. The zero-order chi connectivity index (χ0) is 23.6. The van der Waals surface area contributed by atoms with Gasteiger partial charge in [0.2, 0.25) is 5.91 Å². The molecule has 3 aromatic rings. The minimum atomic E-state index is -1.20. The molecule has 0 unspecified atom stereocenters. The molecule has 0 aliphatic carbocycles. The van der Waals surface area contributed by atoms with Crippen molar-refractivity contribution in [3.8, 4) is 0 Å². The van der Waals surface area contributed by atoms with Crippen LogP contribution < -0.4 is 5.32 Å². The van der Waals surface area contributed by atoms with E-state index in [9.17, 15) is 14.4 Å². The molecule has 1 atom stereocenters. The maximum atomic E-state index is 13.6. The number of methoxy groups -OCH3 is 1. The predicted molar refractivity (Wildman–Crippen MR) is 121 cm³/mol. The summed E-state index contributed by atoms with van der Waals surface area (Å²) < 4.78 is 6.35. The Morgan fingerprint density at radius 2 is 1.79 bits per heavy atom. The first kappa shape index (κ1) is 22.3. The summed E-state index contributed by atoms with van der Waals surface area (Å²) in [6, 6.07) is 17.3. The van der Waals surface area contributed by atoms with Crippen molar-refractivity contribution >= 4 is 17.8 Å². The van der Waals surface area contributed by atoms with Crippen LogP contribution in [0.2, 0.25) is 0 Å². The van der Waals surface area contributed by atoms with Crippen LogP contribution in [0.5, 0.6) is 0 Å². The molecule has 4 rings (SSSR count). The van der Waals surface area contributed by atoms with E-state index in [-0.39, 0.29) is 30.4 Å². The second-order valence-electron chi connectivity index (χ2n) is 8.38. The summed E-state index contributed by atoms with van der Waals surface area (Å²) in [5, 5.41) is 2.98. The molecule has 0 spiro atoms. The average molecular weight is 447 g/mol. The maximum Gasteiger partial charge on any atom is 0.359 e. The van der Waals surface area contributed by atoms with Crippen LogP contribution in [0.3, 0.4) is 0 Å². The fraction of sp³-hybridized carbons (Fsp3) is 0.280. The summed E-state index contributed by atoms with van der Waals surface area (Å²) in [7, 11) is 1.24. The molecule has 0 bridgehead atoms. The quantitative estimate of drug-likeness (QED) is 0.588. The second-order valence-corrected chi connectivity index (χ2v) is 8.38. The van der Waals surface area contributed by atoms with E-state index in [0.29, 0.717) is 6.54 Å². The Hall–Kier alpha value is -3.94. The number of carbonyl (C=O) groups is 3. The molecular formula is C25H26N4O4. The van der Waals surface area contributed by atoms with Crippen LogP contribution in [-0.2, 0) is 29.2 Å². The van der Waals surface area contributed by atoms with Crippen molar-refractivity contribution in [3.63, 3.8) is 0 Å². The number of benzene rings is 2. The highest BCUT2D eigenvalue weighted by Crippen LogP contribution is 2.31. The smallest absolute Gasteiger partial charge is 0.359 e. The molecule has 0 radical (unpaired) electrons. The average Bonchev–Trinajstić information content (AvgIpc) is 3.25. The lowest BCUT2D eigenvalue weighted by molar-refractivity contribution is -0.133. The molecule has 33 heavy (non-hydrogen) atoms. The van der Waals surface area contributed by atoms with Gasteiger partial charge in [-0.2, -0.15) is 0 Å². The molecule has 2 heterocycles. The predicted octanol–water partition coefficient (Wildman–Crippen LogP) is 2.71. The van der Waals surface area contributed by atoms with Crippen molar-refractivity contribution in [1.29, 1.82) is 0 Å². The van der Waals surface area contributed by atoms with Gasteiger partial charge in [-0.1, -0.05) is 60.2 Å². The molecule has 1 aromatic heterocycles. The second kappa shape index (κ2) is 8.90. The van der Waals surface area contributed by atoms with Crippen molar-refractivity contribution in [2.45, 2.75) is 39.0 Å². The molecule has 0 saturated carbocycles. The normalized spacial score (nSPS) is 17.4. The first-order valence-corrected chi connectivity index (χ1v) is 10.7. The zero-order valence-corrected chi connectivity index (χ0v) is 18.9. The first-order chi connectivity index (χ1) is 15.8. The van der Waals surface area contributed by atoms with Gasteiger partial charge in [0.15, 0.2) is 5.69 Å². The number of amides is 2. The third-order valence-corrected chi connectivity index (χ3v) is 5.98. The van der Waals surface area contributed by atoms with Gasteiger partial charge in [0, 0.05) is 13.1 Å². The zero-order valence-electron chi connectivity index (χ0n) is 18.9. The molecule has 8 nitrogen and oxygen atoms in total. The number of nitrogens with zero attached hydrogens (tertiary/aromatic N) is 3. The Balaban J connectivity index is 1.67. The van der Waals surface area contributed by atoms with Crippen molar-refractivity contribution in [1.82, 2.24) is 19.8 Å². The van der Waals surface area contributed by atoms with Crippen LogP contribution in [0.4, 0.5) is 0 Å². The van der Waals surface area contributed by atoms with Crippen LogP contribution in [0.25, 0.3) is 0 Å². The Bertz CT molecular complexity index is 1190. The fourth-order valence-electron chi connectivity index (χ4n) is 4.03. The van der Waals surface area contributed by atoms with Crippen molar-refractivity contribution < 1.29 is 19.1 Å². The molecular weight excluding hydrogens is 420 g/mol. The summed E-state index contributed by atoms with van der Waals surface area (Å²) in [6.07, 6.45) is 1.41. The number of fused-ring (bicyclic) bond motifs is 1. The lowest BCUT2D eigenvalue weighted by Crippen LogP contribution is -2.63. The van der Waals surface area contributed by atoms with Gasteiger partial charge in [0.25, 0.3) is 5.91 Å². The van der Waals surface area contributed by atoms with Gasteiger partial charge in [-0.25, -0.2) is 9.78 Å².